The van der Waals surface area contributed by atoms with E-state index >= 15 is 0 Å². The highest BCUT2D eigenvalue weighted by atomic mass is 16.7. The summed E-state index contributed by atoms with van der Waals surface area (Å²) in [6.07, 6.45) is 6.20. The molecule has 1 saturated heterocycles. The summed E-state index contributed by atoms with van der Waals surface area (Å²) < 4.78 is 0. The summed E-state index contributed by atoms with van der Waals surface area (Å²) in [5.74, 6) is 2.44. The van der Waals surface area contributed by atoms with Crippen LogP contribution in [0.1, 0.15) is 6.42 Å². The van der Waals surface area contributed by atoms with Gasteiger partial charge in [0.05, 0.1) is 0 Å². The monoisotopic (exact) mass is 154 g/mol. The zero-order valence-electron chi connectivity index (χ0n) is 6.84. The molecular formula is C8H14N2O. The van der Waals surface area contributed by atoms with Gasteiger partial charge in [-0.25, -0.2) is 0 Å². The van der Waals surface area contributed by atoms with Crippen LogP contribution in [0.25, 0.3) is 0 Å². The number of nitrogens with zero attached hydrogens (tertiary/aromatic N) is 1. The normalized spacial score (nSPS) is 25.3. The fraction of sp³-hybridized carbons (Fsp3) is 0.750. The molecule has 3 nitrogen and oxygen atoms in total. The van der Waals surface area contributed by atoms with Gasteiger partial charge < -0.3 is 5.32 Å². The minimum atomic E-state index is 0.385. The Morgan fingerprint density at radius 2 is 2.64 bits per heavy atom. The Kier molecular flexibility index (Phi) is 3.37. The van der Waals surface area contributed by atoms with Gasteiger partial charge in [-0.15, -0.1) is 6.42 Å². The van der Waals surface area contributed by atoms with Crippen molar-refractivity contribution in [2.45, 2.75) is 12.5 Å². The number of hydrogen-bond acceptors (Lipinski definition) is 3. The summed E-state index contributed by atoms with van der Waals surface area (Å²) in [6, 6.07) is 0.563. The van der Waals surface area contributed by atoms with E-state index in [0.29, 0.717) is 12.6 Å². The van der Waals surface area contributed by atoms with Gasteiger partial charge in [0.25, 0.3) is 0 Å². The number of hydroxylamine groups is 2. The van der Waals surface area contributed by atoms with E-state index in [9.17, 15) is 0 Å². The van der Waals surface area contributed by atoms with Gasteiger partial charge in [-0.05, 0) is 13.5 Å². The lowest BCUT2D eigenvalue weighted by molar-refractivity contribution is -0.129. The molecule has 0 aliphatic carbocycles. The number of rotatable bonds is 3. The summed E-state index contributed by atoms with van der Waals surface area (Å²) in [7, 11) is 1.97. The van der Waals surface area contributed by atoms with Crippen LogP contribution in [0, 0.1) is 12.3 Å². The summed E-state index contributed by atoms with van der Waals surface area (Å²) in [5, 5.41) is 5.11. The summed E-state index contributed by atoms with van der Waals surface area (Å²) >= 11 is 0. The molecule has 0 radical (unpaired) electrons. The first-order valence-electron chi connectivity index (χ1n) is 3.85. The lowest BCUT2D eigenvalue weighted by atomic mass is 10.3. The van der Waals surface area contributed by atoms with Crippen LogP contribution < -0.4 is 5.32 Å². The fourth-order valence-electron chi connectivity index (χ4n) is 1.21. The fourth-order valence-corrected chi connectivity index (χ4v) is 1.21. The summed E-state index contributed by atoms with van der Waals surface area (Å²) in [6.45, 7) is 2.31. The number of likely N-dealkylation sites (N-methyl/N-ethyl adjacent to an activating group) is 1. The second kappa shape index (κ2) is 4.35. The standard InChI is InChI=1S/C8H14N2O/c1-3-6-11-10-5-4-8(7-10)9-2/h1,8-9H,4-7H2,2H3. The molecule has 1 atom stereocenters. The molecule has 0 spiro atoms. The highest BCUT2D eigenvalue weighted by molar-refractivity contribution is 4.83. The Labute approximate surface area is 67.7 Å². The maximum Gasteiger partial charge on any atom is 0.129 e. The largest absolute Gasteiger partial charge is 0.316 e. The highest BCUT2D eigenvalue weighted by Crippen LogP contribution is 2.07. The van der Waals surface area contributed by atoms with Crippen LogP contribution in [0.3, 0.4) is 0 Å². The van der Waals surface area contributed by atoms with Crippen molar-refractivity contribution in [1.82, 2.24) is 10.4 Å². The van der Waals surface area contributed by atoms with Crippen molar-refractivity contribution in [2.24, 2.45) is 0 Å². The molecule has 0 aromatic carbocycles. The lowest BCUT2D eigenvalue weighted by Gasteiger charge is -2.13. The predicted molar refractivity (Wildman–Crippen MR) is 43.8 cm³/mol. The molecule has 0 amide bonds. The molecule has 0 aromatic rings. The molecule has 1 fully saturated rings. The average Bonchev–Trinajstić information content (AvgIpc) is 2.48. The summed E-state index contributed by atoms with van der Waals surface area (Å²) in [4.78, 5) is 5.24. The van der Waals surface area contributed by atoms with E-state index in [1.807, 2.05) is 12.1 Å². The number of terminal acetylenes is 1. The van der Waals surface area contributed by atoms with Gasteiger partial charge in [-0.3, -0.25) is 4.84 Å². The Morgan fingerprint density at radius 1 is 1.82 bits per heavy atom. The minimum Gasteiger partial charge on any atom is -0.316 e. The van der Waals surface area contributed by atoms with E-state index in [0.717, 1.165) is 19.5 Å². The lowest BCUT2D eigenvalue weighted by Crippen LogP contribution is -2.29. The van der Waals surface area contributed by atoms with E-state index in [-0.39, 0.29) is 0 Å². The van der Waals surface area contributed by atoms with E-state index in [1.165, 1.54) is 0 Å². The highest BCUT2D eigenvalue weighted by Gasteiger charge is 2.20. The second-order valence-corrected chi connectivity index (χ2v) is 2.64. The Balaban J connectivity index is 2.15. The van der Waals surface area contributed by atoms with Gasteiger partial charge in [0, 0.05) is 19.1 Å². The van der Waals surface area contributed by atoms with Gasteiger partial charge >= 0.3 is 0 Å². The van der Waals surface area contributed by atoms with Gasteiger partial charge in [-0.1, -0.05) is 5.92 Å². The van der Waals surface area contributed by atoms with Crippen LogP contribution in [0.2, 0.25) is 0 Å². The van der Waals surface area contributed by atoms with E-state index in [1.54, 1.807) is 0 Å². The molecule has 1 N–H and O–H groups in total. The molecular weight excluding hydrogens is 140 g/mol. The Bertz CT molecular complexity index is 153. The van der Waals surface area contributed by atoms with Crippen molar-refractivity contribution in [2.75, 3.05) is 26.7 Å². The zero-order chi connectivity index (χ0) is 8.10. The number of hydrogen-bond donors (Lipinski definition) is 1. The third-order valence-corrected chi connectivity index (χ3v) is 1.89. The van der Waals surface area contributed by atoms with Crippen LogP contribution in [0.4, 0.5) is 0 Å². The van der Waals surface area contributed by atoms with E-state index < -0.39 is 0 Å². The first kappa shape index (κ1) is 8.54. The predicted octanol–water partition coefficient (Wildman–Crippen LogP) is -0.155. The summed E-state index contributed by atoms with van der Waals surface area (Å²) in [5.41, 5.74) is 0. The van der Waals surface area contributed by atoms with Crippen LogP contribution in [-0.4, -0.2) is 37.8 Å². The van der Waals surface area contributed by atoms with Gasteiger partial charge in [-0.2, -0.15) is 5.06 Å². The van der Waals surface area contributed by atoms with E-state index in [2.05, 4.69) is 11.2 Å². The Morgan fingerprint density at radius 3 is 3.18 bits per heavy atom. The van der Waals surface area contributed by atoms with Crippen molar-refractivity contribution in [3.63, 3.8) is 0 Å². The third-order valence-electron chi connectivity index (χ3n) is 1.89. The molecule has 11 heavy (non-hydrogen) atoms. The maximum atomic E-state index is 5.24. The molecule has 1 aliphatic heterocycles. The van der Waals surface area contributed by atoms with Crippen LogP contribution in [-0.2, 0) is 4.84 Å². The smallest absolute Gasteiger partial charge is 0.129 e. The minimum absolute atomic E-state index is 0.385. The molecule has 1 unspecified atom stereocenters. The van der Waals surface area contributed by atoms with Crippen molar-refractivity contribution in [1.29, 1.82) is 0 Å². The zero-order valence-corrected chi connectivity index (χ0v) is 6.84. The van der Waals surface area contributed by atoms with Crippen molar-refractivity contribution in [3.8, 4) is 12.3 Å². The number of nitrogens with one attached hydrogen (secondary N) is 1. The van der Waals surface area contributed by atoms with E-state index in [4.69, 9.17) is 11.3 Å². The average molecular weight is 154 g/mol. The molecule has 1 heterocycles. The Hall–Kier alpha value is -0.560. The first-order chi connectivity index (χ1) is 5.36. The molecule has 1 rings (SSSR count). The van der Waals surface area contributed by atoms with Crippen LogP contribution in [0.5, 0.6) is 0 Å². The van der Waals surface area contributed by atoms with Gasteiger partial charge in [0.15, 0.2) is 0 Å². The van der Waals surface area contributed by atoms with Crippen molar-refractivity contribution in [3.05, 3.63) is 0 Å². The molecule has 0 aromatic heterocycles. The van der Waals surface area contributed by atoms with Crippen LogP contribution in [0.15, 0.2) is 0 Å². The topological polar surface area (TPSA) is 24.5 Å². The molecule has 0 saturated carbocycles. The van der Waals surface area contributed by atoms with Crippen molar-refractivity contribution < 1.29 is 4.84 Å². The molecule has 1 aliphatic rings. The van der Waals surface area contributed by atoms with Gasteiger partial charge in [0.2, 0.25) is 0 Å². The van der Waals surface area contributed by atoms with Gasteiger partial charge in [0.1, 0.15) is 6.61 Å². The molecule has 3 heteroatoms. The third kappa shape index (κ3) is 2.51. The first-order valence-corrected chi connectivity index (χ1v) is 3.85. The SMILES string of the molecule is C#CCON1CCC(NC)C1. The van der Waals surface area contributed by atoms with Crippen molar-refractivity contribution >= 4 is 0 Å². The quantitative estimate of drug-likeness (QED) is 0.572. The maximum absolute atomic E-state index is 5.24. The molecule has 0 bridgehead atoms. The van der Waals surface area contributed by atoms with Crippen LogP contribution >= 0.6 is 0 Å². The molecule has 62 valence electrons. The second-order valence-electron chi connectivity index (χ2n) is 2.64.